The van der Waals surface area contributed by atoms with E-state index in [2.05, 4.69) is 32.1 Å². The van der Waals surface area contributed by atoms with Crippen LogP contribution in [0.15, 0.2) is 16.6 Å². The Hall–Kier alpha value is -2.23. The molecule has 27 heavy (non-hydrogen) atoms. The van der Waals surface area contributed by atoms with Gasteiger partial charge in [-0.05, 0) is 47.2 Å². The lowest BCUT2D eigenvalue weighted by Gasteiger charge is -2.16. The largest absolute Gasteiger partial charge is 0.342 e. The molecule has 1 heterocycles. The van der Waals surface area contributed by atoms with Gasteiger partial charge in [-0.3, -0.25) is 15.0 Å². The van der Waals surface area contributed by atoms with E-state index in [1.165, 1.54) is 0 Å². The van der Waals surface area contributed by atoms with E-state index < -0.39 is 23.6 Å². The molecular weight excluding hydrogens is 426 g/mol. The summed E-state index contributed by atoms with van der Waals surface area (Å²) in [6.45, 7) is 1.19. The molecule has 0 spiro atoms. The van der Waals surface area contributed by atoms with Crippen LogP contribution in [0.1, 0.15) is 25.7 Å². The molecule has 2 fully saturated rings. The van der Waals surface area contributed by atoms with Crippen LogP contribution in [0.2, 0.25) is 0 Å². The molecule has 1 aromatic carbocycles. The monoisotopic (exact) mass is 444 g/mol. The molecule has 0 radical (unpaired) electrons. The Bertz CT molecular complexity index is 773. The smallest absolute Gasteiger partial charge is 0.338 e. The number of nitrogens with one attached hydrogen (secondary N) is 3. The van der Waals surface area contributed by atoms with Crippen molar-refractivity contribution in [1.29, 1.82) is 0 Å². The van der Waals surface area contributed by atoms with Gasteiger partial charge < -0.3 is 10.2 Å². The third-order valence-electron chi connectivity index (χ3n) is 4.57. The standard InChI is InChI=1S/C17H19BrF2N4O3/c18-11-6-13(20)14(7-12(11)19)21-17(27)23-22-15(25)5-9-3-4-24(8-9)16(26)10-1-2-10/h6-7,9-10H,1-5,8H2,(H,22,25)(H2,21,23,27)/t9-/m0/s1. The predicted molar refractivity (Wildman–Crippen MR) is 96.4 cm³/mol. The number of halogens is 3. The second-order valence-electron chi connectivity index (χ2n) is 6.79. The first-order valence-electron chi connectivity index (χ1n) is 8.62. The Labute approximate surface area is 162 Å². The molecule has 1 atom stereocenters. The number of carbonyl (C=O) groups excluding carboxylic acids is 3. The van der Waals surface area contributed by atoms with Crippen molar-refractivity contribution in [3.8, 4) is 0 Å². The van der Waals surface area contributed by atoms with E-state index in [-0.39, 0.29) is 34.3 Å². The predicted octanol–water partition coefficient (Wildman–Crippen LogP) is 2.53. The molecule has 146 valence electrons. The van der Waals surface area contributed by atoms with Gasteiger partial charge >= 0.3 is 6.03 Å². The summed E-state index contributed by atoms with van der Waals surface area (Å²) in [5.74, 6) is -1.61. The first-order chi connectivity index (χ1) is 12.8. The summed E-state index contributed by atoms with van der Waals surface area (Å²) < 4.78 is 27.0. The van der Waals surface area contributed by atoms with Crippen molar-refractivity contribution in [3.05, 3.63) is 28.2 Å². The maximum absolute atomic E-state index is 13.7. The van der Waals surface area contributed by atoms with Crippen molar-refractivity contribution in [2.45, 2.75) is 25.7 Å². The molecule has 4 amide bonds. The number of urea groups is 1. The van der Waals surface area contributed by atoms with Crippen molar-refractivity contribution >= 4 is 39.5 Å². The number of hydrogen-bond donors (Lipinski definition) is 3. The quantitative estimate of drug-likeness (QED) is 0.492. The summed E-state index contributed by atoms with van der Waals surface area (Å²) in [5, 5.41) is 2.12. The topological polar surface area (TPSA) is 90.5 Å². The number of likely N-dealkylation sites (tertiary alicyclic amines) is 1. The van der Waals surface area contributed by atoms with Gasteiger partial charge in [0.05, 0.1) is 10.2 Å². The average molecular weight is 445 g/mol. The van der Waals surface area contributed by atoms with Gasteiger partial charge in [-0.15, -0.1) is 0 Å². The van der Waals surface area contributed by atoms with Gasteiger partial charge in [0.15, 0.2) is 0 Å². The van der Waals surface area contributed by atoms with Crippen molar-refractivity contribution in [1.82, 2.24) is 15.8 Å². The van der Waals surface area contributed by atoms with Crippen LogP contribution in [0.5, 0.6) is 0 Å². The maximum atomic E-state index is 13.7. The molecule has 1 aliphatic carbocycles. The Kier molecular flexibility index (Phi) is 5.93. The molecule has 2 aliphatic rings. The minimum atomic E-state index is -0.902. The zero-order chi connectivity index (χ0) is 19.6. The summed E-state index contributed by atoms with van der Waals surface area (Å²) in [6, 6.07) is 0.810. The molecule has 1 saturated carbocycles. The van der Waals surface area contributed by atoms with Crippen molar-refractivity contribution in [2.75, 3.05) is 18.4 Å². The van der Waals surface area contributed by atoms with E-state index in [0.717, 1.165) is 31.4 Å². The Morgan fingerprint density at radius 2 is 1.85 bits per heavy atom. The van der Waals surface area contributed by atoms with Crippen molar-refractivity contribution < 1.29 is 23.2 Å². The fourth-order valence-corrected chi connectivity index (χ4v) is 3.31. The van der Waals surface area contributed by atoms with Gasteiger partial charge in [-0.25, -0.2) is 19.0 Å². The highest BCUT2D eigenvalue weighted by molar-refractivity contribution is 9.10. The molecule has 10 heteroatoms. The molecule has 3 rings (SSSR count). The number of hydrazine groups is 1. The number of amides is 4. The van der Waals surface area contributed by atoms with Gasteiger partial charge in [0, 0.05) is 31.5 Å². The van der Waals surface area contributed by atoms with Gasteiger partial charge in [0.25, 0.3) is 0 Å². The molecule has 0 aromatic heterocycles. The van der Waals surface area contributed by atoms with E-state index in [9.17, 15) is 23.2 Å². The Balaban J connectivity index is 1.41. The maximum Gasteiger partial charge on any atom is 0.338 e. The van der Waals surface area contributed by atoms with Crippen LogP contribution in [0, 0.1) is 23.5 Å². The SMILES string of the molecule is O=C(C[C@@H]1CCN(C(=O)C2CC2)C1)NNC(=O)Nc1cc(F)c(Br)cc1F. The lowest BCUT2D eigenvalue weighted by molar-refractivity contribution is -0.132. The van der Waals surface area contributed by atoms with E-state index >= 15 is 0 Å². The first-order valence-corrected chi connectivity index (χ1v) is 9.42. The average Bonchev–Trinajstić information content (AvgIpc) is 3.37. The first kappa shape index (κ1) is 19.5. The van der Waals surface area contributed by atoms with E-state index in [1.807, 2.05) is 0 Å². The summed E-state index contributed by atoms with van der Waals surface area (Å²) in [5.41, 5.74) is 3.97. The normalized spacial score (nSPS) is 18.9. The summed E-state index contributed by atoms with van der Waals surface area (Å²) in [7, 11) is 0. The lowest BCUT2D eigenvalue weighted by atomic mass is 10.1. The number of benzene rings is 1. The zero-order valence-electron chi connectivity index (χ0n) is 14.4. The molecule has 3 N–H and O–H groups in total. The van der Waals surface area contributed by atoms with E-state index in [1.54, 1.807) is 4.90 Å². The third kappa shape index (κ3) is 5.15. The van der Waals surface area contributed by atoms with Gasteiger partial charge in [0.2, 0.25) is 11.8 Å². The summed E-state index contributed by atoms with van der Waals surface area (Å²) in [4.78, 5) is 37.5. The van der Waals surface area contributed by atoms with E-state index in [0.29, 0.717) is 13.1 Å². The van der Waals surface area contributed by atoms with Crippen LogP contribution in [0.4, 0.5) is 19.3 Å². The lowest BCUT2D eigenvalue weighted by Crippen LogP contribution is -2.44. The van der Waals surface area contributed by atoms with Crippen molar-refractivity contribution in [2.24, 2.45) is 11.8 Å². The molecule has 1 aromatic rings. The number of rotatable bonds is 4. The highest BCUT2D eigenvalue weighted by atomic mass is 79.9. The molecular formula is C17H19BrF2N4O3. The molecule has 1 aliphatic heterocycles. The number of anilines is 1. The highest BCUT2D eigenvalue weighted by Crippen LogP contribution is 2.33. The van der Waals surface area contributed by atoms with Gasteiger partial charge in [-0.1, -0.05) is 0 Å². The van der Waals surface area contributed by atoms with Gasteiger partial charge in [0.1, 0.15) is 11.6 Å². The van der Waals surface area contributed by atoms with Crippen LogP contribution in [0.3, 0.4) is 0 Å². The summed E-state index contributed by atoms with van der Waals surface area (Å²) >= 11 is 2.84. The van der Waals surface area contributed by atoms with Crippen LogP contribution in [-0.4, -0.2) is 35.8 Å². The minimum Gasteiger partial charge on any atom is -0.342 e. The van der Waals surface area contributed by atoms with E-state index in [4.69, 9.17) is 0 Å². The third-order valence-corrected chi connectivity index (χ3v) is 5.18. The molecule has 0 unspecified atom stereocenters. The summed E-state index contributed by atoms with van der Waals surface area (Å²) in [6.07, 6.45) is 2.79. The molecule has 1 saturated heterocycles. The fourth-order valence-electron chi connectivity index (χ4n) is 3.00. The molecule has 0 bridgehead atoms. The zero-order valence-corrected chi connectivity index (χ0v) is 15.9. The number of hydrogen-bond acceptors (Lipinski definition) is 3. The molecule has 7 nitrogen and oxygen atoms in total. The minimum absolute atomic E-state index is 0.0376. The van der Waals surface area contributed by atoms with Crippen molar-refractivity contribution in [3.63, 3.8) is 0 Å². The Morgan fingerprint density at radius 3 is 2.56 bits per heavy atom. The fraction of sp³-hybridized carbons (Fsp3) is 0.471. The number of carbonyl (C=O) groups is 3. The van der Waals surface area contributed by atoms with Crippen LogP contribution < -0.4 is 16.2 Å². The second kappa shape index (κ2) is 8.20. The van der Waals surface area contributed by atoms with Crippen LogP contribution in [-0.2, 0) is 9.59 Å². The van der Waals surface area contributed by atoms with Crippen LogP contribution >= 0.6 is 15.9 Å². The number of nitrogens with zero attached hydrogens (tertiary/aromatic N) is 1. The Morgan fingerprint density at radius 1 is 1.11 bits per heavy atom. The highest BCUT2D eigenvalue weighted by Gasteiger charge is 2.36. The van der Waals surface area contributed by atoms with Crippen LogP contribution in [0.25, 0.3) is 0 Å². The van der Waals surface area contributed by atoms with Gasteiger partial charge in [-0.2, -0.15) is 0 Å². The second-order valence-corrected chi connectivity index (χ2v) is 7.65.